The Morgan fingerprint density at radius 1 is 0.698 bits per heavy atom. The van der Waals surface area contributed by atoms with Crippen molar-refractivity contribution in [2.45, 2.75) is 43.2 Å². The number of rotatable bonds is 17. The van der Waals surface area contributed by atoms with Gasteiger partial charge >= 0.3 is 11.9 Å². The molecule has 0 radical (unpaired) electrons. The zero-order valence-electron chi connectivity index (χ0n) is 34.9. The Labute approximate surface area is 362 Å². The van der Waals surface area contributed by atoms with Gasteiger partial charge in [-0.05, 0) is 95.3 Å². The van der Waals surface area contributed by atoms with E-state index in [9.17, 15) is 40.2 Å². The second-order valence-corrected chi connectivity index (χ2v) is 14.7. The molecule has 4 aromatic carbocycles. The lowest BCUT2D eigenvalue weighted by atomic mass is 9.84. The molecule has 0 aromatic heterocycles. The number of aromatic hydroxyl groups is 3. The topological polar surface area (TPSA) is 239 Å². The van der Waals surface area contributed by atoms with Gasteiger partial charge in [0.25, 0.3) is 0 Å². The Bertz CT molecular complexity index is 2270. The summed E-state index contributed by atoms with van der Waals surface area (Å²) < 4.78 is 50.4. The van der Waals surface area contributed by atoms with Crippen LogP contribution < -0.4 is 23.7 Å². The lowest BCUT2D eigenvalue weighted by Crippen LogP contribution is -2.61. The SMILES string of the molecule is COc1cc(C=CC(=O)OCC2OC(Oc3ccc(CC4COC(c5ccc(O)c(OC)c5)C4CO)cc3OC)C(O)C(O)C2OC(=O)C=Cc2ccc(O)c(OC)c2)ccc1O. The highest BCUT2D eigenvalue weighted by molar-refractivity contribution is 5.88. The molecule has 4 aromatic rings. The number of ether oxygens (including phenoxy) is 9. The fourth-order valence-corrected chi connectivity index (χ4v) is 7.35. The highest BCUT2D eigenvalue weighted by Crippen LogP contribution is 2.43. The number of methoxy groups -OCH3 is 4. The Kier molecular flexibility index (Phi) is 15.4. The molecule has 0 amide bonds. The molecule has 0 aliphatic carbocycles. The second-order valence-electron chi connectivity index (χ2n) is 14.7. The molecule has 17 nitrogen and oxygen atoms in total. The van der Waals surface area contributed by atoms with Crippen molar-refractivity contribution in [1.29, 1.82) is 0 Å². The summed E-state index contributed by atoms with van der Waals surface area (Å²) in [5.41, 5.74) is 2.55. The lowest BCUT2D eigenvalue weighted by molar-refractivity contribution is -0.281. The first kappa shape index (κ1) is 46.0. The van der Waals surface area contributed by atoms with Gasteiger partial charge in [0.05, 0.1) is 41.2 Å². The van der Waals surface area contributed by atoms with Gasteiger partial charge in [-0.15, -0.1) is 0 Å². The van der Waals surface area contributed by atoms with E-state index in [0.717, 1.165) is 23.3 Å². The summed E-state index contributed by atoms with van der Waals surface area (Å²) in [5.74, 6) is -1.34. The molecule has 17 heteroatoms. The second kappa shape index (κ2) is 21.0. The number of phenolic OH excluding ortho intramolecular Hbond substituents is 3. The van der Waals surface area contributed by atoms with E-state index in [-0.39, 0.29) is 58.7 Å². The van der Waals surface area contributed by atoms with Gasteiger partial charge in [-0.25, -0.2) is 9.59 Å². The van der Waals surface area contributed by atoms with Crippen LogP contribution in [0.5, 0.6) is 46.0 Å². The molecule has 336 valence electrons. The summed E-state index contributed by atoms with van der Waals surface area (Å²) in [7, 11) is 5.63. The minimum absolute atomic E-state index is 0.0105. The van der Waals surface area contributed by atoms with Gasteiger partial charge in [0.2, 0.25) is 6.29 Å². The molecule has 0 saturated carbocycles. The van der Waals surface area contributed by atoms with Crippen molar-refractivity contribution in [3.05, 3.63) is 107 Å². The Morgan fingerprint density at radius 2 is 1.29 bits per heavy atom. The van der Waals surface area contributed by atoms with Crippen molar-refractivity contribution in [3.63, 3.8) is 0 Å². The third kappa shape index (κ3) is 11.1. The van der Waals surface area contributed by atoms with Crippen molar-refractivity contribution in [3.8, 4) is 46.0 Å². The Hall–Kier alpha value is -6.50. The third-order valence-corrected chi connectivity index (χ3v) is 10.7. The molecule has 2 saturated heterocycles. The maximum absolute atomic E-state index is 13.1. The van der Waals surface area contributed by atoms with Crippen molar-refractivity contribution in [1.82, 2.24) is 0 Å². The molecule has 6 N–H and O–H groups in total. The Balaban J connectivity index is 1.17. The number of carbonyl (C=O) groups excluding carboxylic acids is 2. The van der Waals surface area contributed by atoms with Crippen LogP contribution in [0.1, 0.15) is 28.4 Å². The highest BCUT2D eigenvalue weighted by Gasteiger charge is 2.48. The average molecular weight is 875 g/mol. The molecule has 8 atom stereocenters. The minimum atomic E-state index is -1.80. The number of aliphatic hydroxyl groups is 3. The van der Waals surface area contributed by atoms with Crippen LogP contribution >= 0.6 is 0 Å². The minimum Gasteiger partial charge on any atom is -0.504 e. The molecule has 2 heterocycles. The molecule has 8 unspecified atom stereocenters. The molecule has 0 spiro atoms. The van der Waals surface area contributed by atoms with Gasteiger partial charge in [0.1, 0.15) is 24.9 Å². The fourth-order valence-electron chi connectivity index (χ4n) is 7.35. The lowest BCUT2D eigenvalue weighted by Gasteiger charge is -2.41. The molecule has 63 heavy (non-hydrogen) atoms. The predicted molar refractivity (Wildman–Crippen MR) is 224 cm³/mol. The summed E-state index contributed by atoms with van der Waals surface area (Å²) in [4.78, 5) is 26.0. The van der Waals surface area contributed by atoms with E-state index in [2.05, 4.69) is 0 Å². The number of benzene rings is 4. The largest absolute Gasteiger partial charge is 0.504 e. The highest BCUT2D eigenvalue weighted by atomic mass is 16.7. The van der Waals surface area contributed by atoms with Crippen LogP contribution in [-0.2, 0) is 35.0 Å². The molecular weight excluding hydrogens is 824 g/mol. The predicted octanol–water partition coefficient (Wildman–Crippen LogP) is 4.08. The van der Waals surface area contributed by atoms with Gasteiger partial charge in [-0.3, -0.25) is 0 Å². The number of phenols is 3. The van der Waals surface area contributed by atoms with E-state index in [1.807, 2.05) is 0 Å². The van der Waals surface area contributed by atoms with Gasteiger partial charge in [0.15, 0.2) is 52.1 Å². The summed E-state index contributed by atoms with van der Waals surface area (Å²) in [5, 5.41) is 62.9. The summed E-state index contributed by atoms with van der Waals surface area (Å²) in [6.45, 7) is -0.372. The van der Waals surface area contributed by atoms with Gasteiger partial charge in [-0.2, -0.15) is 0 Å². The van der Waals surface area contributed by atoms with Crippen molar-refractivity contribution in [2.75, 3.05) is 48.3 Å². The van der Waals surface area contributed by atoms with Gasteiger partial charge in [0, 0.05) is 24.7 Å². The first-order valence-corrected chi connectivity index (χ1v) is 19.8. The molecule has 2 aliphatic rings. The van der Waals surface area contributed by atoms with E-state index in [1.54, 1.807) is 36.4 Å². The quantitative estimate of drug-likeness (QED) is 0.0647. The van der Waals surface area contributed by atoms with Crippen molar-refractivity contribution >= 4 is 24.1 Å². The van der Waals surface area contributed by atoms with Crippen LogP contribution in [0.3, 0.4) is 0 Å². The Morgan fingerprint density at radius 3 is 1.89 bits per heavy atom. The first-order valence-electron chi connectivity index (χ1n) is 19.8. The smallest absolute Gasteiger partial charge is 0.331 e. The van der Waals surface area contributed by atoms with Crippen LogP contribution in [0.15, 0.2) is 84.9 Å². The molecule has 2 aliphatic heterocycles. The first-order chi connectivity index (χ1) is 30.3. The number of hydrogen-bond acceptors (Lipinski definition) is 17. The molecule has 0 bridgehead atoms. The third-order valence-electron chi connectivity index (χ3n) is 10.7. The number of aliphatic hydroxyl groups excluding tert-OH is 3. The standard InChI is InChI=1S/C46H50O17/c1-55-35-18-25(5-11-31(35)48)8-15-40(51)59-24-39-45(63-41(52)16-9-26-6-12-32(49)36(19-26)56-2)42(53)43(54)46(62-39)61-34-14-7-27(20-38(34)58-4)17-29-23-60-44(30(29)22-47)28-10-13-33(50)37(21-28)57-3/h5-16,18-21,29-30,39,42-50,53-54H,17,22-24H2,1-4H3. The van der Waals surface area contributed by atoms with Crippen LogP contribution in [0, 0.1) is 11.8 Å². The number of esters is 2. The van der Waals surface area contributed by atoms with Crippen LogP contribution in [-0.4, -0.2) is 122 Å². The zero-order chi connectivity index (χ0) is 45.2. The van der Waals surface area contributed by atoms with E-state index in [4.69, 9.17) is 42.6 Å². The monoisotopic (exact) mass is 874 g/mol. The normalized spacial score (nSPS) is 23.3. The average Bonchev–Trinajstić information content (AvgIpc) is 3.70. The summed E-state index contributed by atoms with van der Waals surface area (Å²) >= 11 is 0. The maximum Gasteiger partial charge on any atom is 0.331 e. The van der Waals surface area contributed by atoms with E-state index < -0.39 is 55.4 Å². The van der Waals surface area contributed by atoms with Crippen molar-refractivity contribution in [2.24, 2.45) is 11.8 Å². The van der Waals surface area contributed by atoms with E-state index >= 15 is 0 Å². The summed E-state index contributed by atoms with van der Waals surface area (Å²) in [6, 6.07) is 18.8. The number of carbonyl (C=O) groups is 2. The van der Waals surface area contributed by atoms with Gasteiger partial charge in [-0.1, -0.05) is 24.3 Å². The maximum atomic E-state index is 13.1. The van der Waals surface area contributed by atoms with Gasteiger partial charge < -0.3 is 73.3 Å². The fraction of sp³-hybridized carbons (Fsp3) is 0.348. The van der Waals surface area contributed by atoms with Crippen molar-refractivity contribution < 1.29 is 82.9 Å². The molecular formula is C46H50O17. The molecule has 6 rings (SSSR count). The van der Waals surface area contributed by atoms with E-state index in [0.29, 0.717) is 29.9 Å². The van der Waals surface area contributed by atoms with Crippen LogP contribution in [0.25, 0.3) is 12.2 Å². The number of hydrogen-bond donors (Lipinski definition) is 6. The molecule has 2 fully saturated rings. The van der Waals surface area contributed by atoms with Crippen LogP contribution in [0.4, 0.5) is 0 Å². The zero-order valence-corrected chi connectivity index (χ0v) is 34.9. The van der Waals surface area contributed by atoms with Crippen LogP contribution in [0.2, 0.25) is 0 Å². The van der Waals surface area contributed by atoms with E-state index in [1.165, 1.54) is 77.0 Å². The summed E-state index contributed by atoms with van der Waals surface area (Å²) in [6.07, 6.45) is -3.08.